The molecule has 0 radical (unpaired) electrons. The van der Waals surface area contributed by atoms with Crippen molar-refractivity contribution in [2.75, 3.05) is 56.8 Å². The number of nitrogens with one attached hydrogen (secondary N) is 1. The smallest absolute Gasteiger partial charge is 0.255 e. The quantitative estimate of drug-likeness (QED) is 0.499. The first-order valence-corrected chi connectivity index (χ1v) is 16.2. The Labute approximate surface area is 232 Å². The first-order chi connectivity index (χ1) is 18.8. The van der Waals surface area contributed by atoms with E-state index in [0.29, 0.717) is 35.8 Å². The molecule has 0 bridgehead atoms. The van der Waals surface area contributed by atoms with Crippen LogP contribution in [0.15, 0.2) is 36.4 Å². The van der Waals surface area contributed by atoms with Gasteiger partial charge in [0.2, 0.25) is 0 Å². The molecule has 0 saturated carbocycles. The number of ether oxygens (including phenoxy) is 2. The zero-order valence-electron chi connectivity index (χ0n) is 23.3. The maximum atomic E-state index is 13.8. The molecule has 2 fully saturated rings. The fraction of sp³-hybridized carbons (Fsp3) is 0.567. The minimum Gasteiger partial charge on any atom is -0.493 e. The summed E-state index contributed by atoms with van der Waals surface area (Å²) < 4.78 is 36.1. The number of carbonyl (C=O) groups is 1. The predicted octanol–water partition coefficient (Wildman–Crippen LogP) is 4.05. The summed E-state index contributed by atoms with van der Waals surface area (Å²) in [7, 11) is -1.81. The number of rotatable bonds is 9. The summed E-state index contributed by atoms with van der Waals surface area (Å²) in [5.74, 6) is 2.44. The molecule has 5 rings (SSSR count). The van der Waals surface area contributed by atoms with Crippen LogP contribution in [0, 0.1) is 11.8 Å². The Hall–Kier alpha value is -2.78. The van der Waals surface area contributed by atoms with Gasteiger partial charge in [-0.25, -0.2) is 8.42 Å². The highest BCUT2D eigenvalue weighted by Gasteiger charge is 2.36. The lowest BCUT2D eigenvalue weighted by Crippen LogP contribution is -2.39. The van der Waals surface area contributed by atoms with Crippen LogP contribution in [0.25, 0.3) is 0 Å². The van der Waals surface area contributed by atoms with Crippen molar-refractivity contribution in [1.29, 1.82) is 0 Å². The molecule has 212 valence electrons. The van der Waals surface area contributed by atoms with Gasteiger partial charge in [0.15, 0.2) is 11.5 Å². The van der Waals surface area contributed by atoms with Crippen LogP contribution in [0.3, 0.4) is 0 Å². The van der Waals surface area contributed by atoms with E-state index in [-0.39, 0.29) is 11.7 Å². The Balaban J connectivity index is 1.35. The van der Waals surface area contributed by atoms with Gasteiger partial charge in [-0.3, -0.25) is 4.79 Å². The molecule has 1 amide bonds. The summed E-state index contributed by atoms with van der Waals surface area (Å²) >= 11 is 0. The van der Waals surface area contributed by atoms with Crippen LogP contribution < -0.4 is 19.7 Å². The van der Waals surface area contributed by atoms with E-state index in [4.69, 9.17) is 9.47 Å². The van der Waals surface area contributed by atoms with Crippen LogP contribution in [0.2, 0.25) is 0 Å². The van der Waals surface area contributed by atoms with Crippen LogP contribution in [0.5, 0.6) is 11.5 Å². The molecule has 1 N–H and O–H groups in total. The molecule has 2 aromatic rings. The minimum absolute atomic E-state index is 0.126. The largest absolute Gasteiger partial charge is 0.493 e. The lowest BCUT2D eigenvalue weighted by molar-refractivity contribution is 0.0718. The van der Waals surface area contributed by atoms with Crippen LogP contribution in [0.1, 0.15) is 60.1 Å². The molecule has 9 heteroatoms. The number of carbonyl (C=O) groups excluding carboxylic acids is 1. The summed E-state index contributed by atoms with van der Waals surface area (Å²) in [4.78, 5) is 17.9. The minimum atomic E-state index is -3.38. The highest BCUT2D eigenvalue weighted by Crippen LogP contribution is 2.38. The average Bonchev–Trinajstić information content (AvgIpc) is 3.27. The molecule has 3 heterocycles. The summed E-state index contributed by atoms with van der Waals surface area (Å²) in [6.45, 7) is 7.00. The van der Waals surface area contributed by atoms with Crippen molar-refractivity contribution in [3.05, 3.63) is 53.1 Å². The normalized spacial score (nSPS) is 19.7. The predicted molar refractivity (Wildman–Crippen MR) is 153 cm³/mol. The van der Waals surface area contributed by atoms with Gasteiger partial charge in [0, 0.05) is 37.1 Å². The third-order valence-electron chi connectivity index (χ3n) is 8.59. The van der Waals surface area contributed by atoms with E-state index in [2.05, 4.69) is 16.3 Å². The van der Waals surface area contributed by atoms with Gasteiger partial charge in [0.05, 0.1) is 25.5 Å². The van der Waals surface area contributed by atoms with Gasteiger partial charge in [0.1, 0.15) is 9.84 Å². The molecule has 0 aromatic heterocycles. The van der Waals surface area contributed by atoms with Crippen molar-refractivity contribution in [2.45, 2.75) is 45.2 Å². The van der Waals surface area contributed by atoms with E-state index in [1.807, 2.05) is 25.1 Å². The number of amides is 1. The average molecular weight is 556 g/mol. The molecule has 39 heavy (non-hydrogen) atoms. The van der Waals surface area contributed by atoms with E-state index in [1.165, 1.54) is 31.9 Å². The number of fused-ring (bicyclic) bond motifs is 1. The number of hydrogen-bond donors (Lipinski definition) is 1. The summed E-state index contributed by atoms with van der Waals surface area (Å²) in [5, 5.41) is 3.47. The Morgan fingerprint density at radius 2 is 1.72 bits per heavy atom. The van der Waals surface area contributed by atoms with E-state index < -0.39 is 15.9 Å². The molecular formula is C30H41N3O5S. The second kappa shape index (κ2) is 11.8. The maximum absolute atomic E-state index is 13.8. The Bertz CT molecular complexity index is 1280. The van der Waals surface area contributed by atoms with Crippen molar-refractivity contribution >= 4 is 21.4 Å². The van der Waals surface area contributed by atoms with Crippen LogP contribution in [-0.2, 0) is 16.4 Å². The Kier molecular flexibility index (Phi) is 8.38. The summed E-state index contributed by atoms with van der Waals surface area (Å²) in [6, 6.07) is 10.9. The summed E-state index contributed by atoms with van der Waals surface area (Å²) in [5.41, 5.74) is 3.40. The maximum Gasteiger partial charge on any atom is 0.255 e. The number of benzene rings is 2. The van der Waals surface area contributed by atoms with Crippen molar-refractivity contribution < 1.29 is 22.7 Å². The van der Waals surface area contributed by atoms with Gasteiger partial charge in [-0.2, -0.15) is 0 Å². The van der Waals surface area contributed by atoms with Crippen molar-refractivity contribution in [3.63, 3.8) is 0 Å². The number of anilines is 1. The molecule has 2 saturated heterocycles. The van der Waals surface area contributed by atoms with Crippen molar-refractivity contribution in [3.8, 4) is 11.5 Å². The summed E-state index contributed by atoms with van der Waals surface area (Å²) in [6.07, 6.45) is 6.16. The molecule has 3 aliphatic rings. The van der Waals surface area contributed by atoms with Crippen LogP contribution in [-0.4, -0.2) is 71.1 Å². The Morgan fingerprint density at radius 3 is 2.38 bits per heavy atom. The topological polar surface area (TPSA) is 88.2 Å². The van der Waals surface area contributed by atoms with Gasteiger partial charge >= 0.3 is 0 Å². The Morgan fingerprint density at radius 1 is 1.00 bits per heavy atom. The lowest BCUT2D eigenvalue weighted by atomic mass is 9.79. The molecular weight excluding hydrogens is 514 g/mol. The molecule has 0 spiro atoms. The van der Waals surface area contributed by atoms with Gasteiger partial charge in [-0.05, 0) is 92.9 Å². The van der Waals surface area contributed by atoms with E-state index in [1.54, 1.807) is 24.1 Å². The second-order valence-electron chi connectivity index (χ2n) is 11.1. The van der Waals surface area contributed by atoms with Crippen molar-refractivity contribution in [2.24, 2.45) is 11.8 Å². The fourth-order valence-corrected chi connectivity index (χ4v) is 7.47. The number of nitrogens with zero attached hydrogens (tertiary/aromatic N) is 2. The highest BCUT2D eigenvalue weighted by atomic mass is 32.2. The zero-order chi connectivity index (χ0) is 27.6. The van der Waals surface area contributed by atoms with Crippen LogP contribution in [0.4, 0.5) is 5.69 Å². The molecule has 0 aliphatic carbocycles. The second-order valence-corrected chi connectivity index (χ2v) is 13.3. The van der Waals surface area contributed by atoms with Crippen LogP contribution >= 0.6 is 0 Å². The first-order valence-electron chi connectivity index (χ1n) is 14.2. The third kappa shape index (κ3) is 6.19. The van der Waals surface area contributed by atoms with E-state index >= 15 is 0 Å². The lowest BCUT2D eigenvalue weighted by Gasteiger charge is -2.38. The fourth-order valence-electron chi connectivity index (χ4n) is 6.53. The van der Waals surface area contributed by atoms with Gasteiger partial charge in [-0.15, -0.1) is 0 Å². The van der Waals surface area contributed by atoms with Gasteiger partial charge in [-0.1, -0.05) is 12.1 Å². The monoisotopic (exact) mass is 555 g/mol. The molecule has 0 unspecified atom stereocenters. The number of piperidine rings is 2. The third-order valence-corrected chi connectivity index (χ3v) is 9.51. The number of sulfone groups is 1. The zero-order valence-corrected chi connectivity index (χ0v) is 24.1. The van der Waals surface area contributed by atoms with Gasteiger partial charge < -0.3 is 24.6 Å². The molecule has 1 atom stereocenters. The van der Waals surface area contributed by atoms with Crippen molar-refractivity contribution in [1.82, 2.24) is 10.2 Å². The number of hydrogen-bond acceptors (Lipinski definition) is 7. The van der Waals surface area contributed by atoms with Gasteiger partial charge in [0.25, 0.3) is 5.91 Å². The van der Waals surface area contributed by atoms with E-state index in [0.717, 1.165) is 49.3 Å². The molecule has 2 aromatic carbocycles. The highest BCUT2D eigenvalue weighted by molar-refractivity contribution is 7.90. The molecule has 8 nitrogen and oxygen atoms in total. The standard InChI is InChI=1S/C30H41N3O5S/c1-4-38-29-17-23(6-8-28(29)37-2)27(20-39(3,35)36)33-19-24-5-7-25(18-26(24)30(33)34)32-15-11-22(12-16-32)21-9-13-31-14-10-21/h5-8,17-18,21-22,27,31H,4,9-16,19-20H2,1-3H3/t27-/m1/s1. The first kappa shape index (κ1) is 27.8. The SMILES string of the molecule is CCOc1cc([C@@H](CS(C)(=O)=O)N2Cc3ccc(N4CCC(C5CCNCC5)CC4)cc3C2=O)ccc1OC. The van der Waals surface area contributed by atoms with E-state index in [9.17, 15) is 13.2 Å². The number of methoxy groups -OCH3 is 1. The molecule has 3 aliphatic heterocycles.